The van der Waals surface area contributed by atoms with Gasteiger partial charge >= 0.3 is 5.97 Å². The van der Waals surface area contributed by atoms with Gasteiger partial charge in [-0.1, -0.05) is 13.8 Å². The number of ether oxygens (including phenoxy) is 1. The lowest BCUT2D eigenvalue weighted by Gasteiger charge is -2.34. The molecule has 0 aromatic rings. The quantitative estimate of drug-likeness (QED) is 0.554. The van der Waals surface area contributed by atoms with Crippen molar-refractivity contribution in [3.8, 4) is 0 Å². The lowest BCUT2D eigenvalue weighted by atomic mass is 9.72. The molecule has 0 atom stereocenters. The van der Waals surface area contributed by atoms with Gasteiger partial charge in [-0.3, -0.25) is 9.79 Å². The summed E-state index contributed by atoms with van der Waals surface area (Å²) in [7, 11) is 1.78. The summed E-state index contributed by atoms with van der Waals surface area (Å²) in [6.07, 6.45) is 6.42. The van der Waals surface area contributed by atoms with Crippen molar-refractivity contribution in [2.75, 3.05) is 13.7 Å². The highest BCUT2D eigenvalue weighted by Gasteiger charge is 2.27. The Morgan fingerprint density at radius 1 is 1.33 bits per heavy atom. The first-order valence-electron chi connectivity index (χ1n) is 7.07. The van der Waals surface area contributed by atoms with Gasteiger partial charge in [0.1, 0.15) is 0 Å². The van der Waals surface area contributed by atoms with Crippen molar-refractivity contribution in [2.45, 2.75) is 59.3 Å². The SMILES string of the molecule is CCOC(=O)CC(CC1CCC(C)(C)CC1)=NC. The fraction of sp³-hybridized carbons (Fsp3) is 0.867. The first-order chi connectivity index (χ1) is 8.46. The number of esters is 1. The highest BCUT2D eigenvalue weighted by atomic mass is 16.5. The lowest BCUT2D eigenvalue weighted by Crippen LogP contribution is -2.23. The third-order valence-electron chi connectivity index (χ3n) is 3.95. The summed E-state index contributed by atoms with van der Waals surface area (Å²) in [6, 6.07) is 0. The van der Waals surface area contributed by atoms with E-state index >= 15 is 0 Å². The summed E-state index contributed by atoms with van der Waals surface area (Å²) in [5.74, 6) is 0.556. The zero-order chi connectivity index (χ0) is 13.6. The summed E-state index contributed by atoms with van der Waals surface area (Å²) in [4.78, 5) is 15.7. The molecule has 18 heavy (non-hydrogen) atoms. The van der Waals surface area contributed by atoms with Crippen LogP contribution in [-0.4, -0.2) is 25.3 Å². The molecule has 0 radical (unpaired) electrons. The number of carbonyl (C=O) groups excluding carboxylic acids is 1. The fourth-order valence-electron chi connectivity index (χ4n) is 2.62. The maximum absolute atomic E-state index is 11.5. The minimum atomic E-state index is -0.144. The average molecular weight is 253 g/mol. The van der Waals surface area contributed by atoms with E-state index in [0.29, 0.717) is 24.4 Å². The number of nitrogens with zero attached hydrogens (tertiary/aromatic N) is 1. The summed E-state index contributed by atoms with van der Waals surface area (Å²) >= 11 is 0. The van der Waals surface area contributed by atoms with Gasteiger partial charge in [-0.05, 0) is 50.4 Å². The Hall–Kier alpha value is -0.860. The molecular formula is C15H27NO2. The number of aliphatic imine (C=N–C) groups is 1. The zero-order valence-corrected chi connectivity index (χ0v) is 12.3. The topological polar surface area (TPSA) is 38.7 Å². The van der Waals surface area contributed by atoms with Crippen molar-refractivity contribution in [1.29, 1.82) is 0 Å². The van der Waals surface area contributed by atoms with E-state index in [1.165, 1.54) is 25.7 Å². The summed E-state index contributed by atoms with van der Waals surface area (Å²) in [5, 5.41) is 0. The predicted octanol–water partition coefficient (Wildman–Crippen LogP) is 3.62. The number of hydrogen-bond acceptors (Lipinski definition) is 3. The second kappa shape index (κ2) is 6.91. The van der Waals surface area contributed by atoms with Gasteiger partial charge < -0.3 is 4.74 Å². The molecule has 3 heteroatoms. The molecule has 0 heterocycles. The van der Waals surface area contributed by atoms with E-state index in [1.807, 2.05) is 6.92 Å². The maximum atomic E-state index is 11.5. The molecule has 104 valence electrons. The van der Waals surface area contributed by atoms with Gasteiger partial charge in [0.2, 0.25) is 0 Å². The zero-order valence-electron chi connectivity index (χ0n) is 12.3. The third-order valence-corrected chi connectivity index (χ3v) is 3.95. The standard InChI is InChI=1S/C15H27NO2/c1-5-18-14(17)11-13(16-4)10-12-6-8-15(2,3)9-7-12/h12H,5-11H2,1-4H3. The normalized spacial score (nSPS) is 20.8. The molecule has 3 nitrogen and oxygen atoms in total. The first kappa shape index (κ1) is 15.2. The van der Waals surface area contributed by atoms with Gasteiger partial charge in [0.05, 0.1) is 13.0 Å². The van der Waals surface area contributed by atoms with Gasteiger partial charge in [0, 0.05) is 12.8 Å². The first-order valence-corrected chi connectivity index (χ1v) is 7.07. The summed E-state index contributed by atoms with van der Waals surface area (Å²) in [6.45, 7) is 6.98. The molecule has 1 aliphatic rings. The van der Waals surface area contributed by atoms with E-state index in [-0.39, 0.29) is 5.97 Å². The molecule has 1 aliphatic carbocycles. The van der Waals surface area contributed by atoms with Gasteiger partial charge in [-0.15, -0.1) is 0 Å². The van der Waals surface area contributed by atoms with Crippen LogP contribution in [0.1, 0.15) is 59.3 Å². The number of rotatable bonds is 5. The highest BCUT2D eigenvalue weighted by Crippen LogP contribution is 2.39. The molecule has 0 bridgehead atoms. The highest BCUT2D eigenvalue weighted by molar-refractivity contribution is 5.99. The van der Waals surface area contributed by atoms with Crippen LogP contribution in [0.3, 0.4) is 0 Å². The van der Waals surface area contributed by atoms with Gasteiger partial charge in [0.25, 0.3) is 0 Å². The van der Waals surface area contributed by atoms with Crippen LogP contribution < -0.4 is 0 Å². The van der Waals surface area contributed by atoms with Crippen LogP contribution in [-0.2, 0) is 9.53 Å². The molecule has 0 aromatic carbocycles. The minimum absolute atomic E-state index is 0.144. The van der Waals surface area contributed by atoms with Crippen molar-refractivity contribution in [3.63, 3.8) is 0 Å². The molecule has 0 N–H and O–H groups in total. The Morgan fingerprint density at radius 2 is 1.94 bits per heavy atom. The molecule has 1 rings (SSSR count). The Bertz CT molecular complexity index is 298. The average Bonchev–Trinajstić information content (AvgIpc) is 2.31. The molecule has 1 fully saturated rings. The molecular weight excluding hydrogens is 226 g/mol. The van der Waals surface area contributed by atoms with E-state index in [9.17, 15) is 4.79 Å². The Kier molecular flexibility index (Phi) is 5.83. The van der Waals surface area contributed by atoms with Crippen LogP contribution in [0.15, 0.2) is 4.99 Å². The third kappa shape index (κ3) is 5.19. The number of carbonyl (C=O) groups is 1. The molecule has 0 amide bonds. The van der Waals surface area contributed by atoms with Crippen molar-refractivity contribution >= 4 is 11.7 Å². The monoisotopic (exact) mass is 253 g/mol. The Balaban J connectivity index is 2.38. The largest absolute Gasteiger partial charge is 0.466 e. The van der Waals surface area contributed by atoms with E-state index in [1.54, 1.807) is 7.05 Å². The number of hydrogen-bond donors (Lipinski definition) is 0. The van der Waals surface area contributed by atoms with Crippen LogP contribution >= 0.6 is 0 Å². The van der Waals surface area contributed by atoms with Crippen LogP contribution in [0.2, 0.25) is 0 Å². The van der Waals surface area contributed by atoms with E-state index in [4.69, 9.17) is 4.74 Å². The summed E-state index contributed by atoms with van der Waals surface area (Å²) in [5.41, 5.74) is 1.50. The molecule has 0 spiro atoms. The minimum Gasteiger partial charge on any atom is -0.466 e. The van der Waals surface area contributed by atoms with E-state index in [0.717, 1.165) is 12.1 Å². The molecule has 0 aromatic heterocycles. The van der Waals surface area contributed by atoms with Crippen LogP contribution in [0.5, 0.6) is 0 Å². The molecule has 0 saturated heterocycles. The smallest absolute Gasteiger partial charge is 0.311 e. The summed E-state index contributed by atoms with van der Waals surface area (Å²) < 4.78 is 4.98. The Labute approximate surface area is 111 Å². The Morgan fingerprint density at radius 3 is 2.44 bits per heavy atom. The van der Waals surface area contributed by atoms with Gasteiger partial charge in [0.15, 0.2) is 0 Å². The predicted molar refractivity (Wildman–Crippen MR) is 75.0 cm³/mol. The van der Waals surface area contributed by atoms with Crippen molar-refractivity contribution in [3.05, 3.63) is 0 Å². The van der Waals surface area contributed by atoms with Crippen molar-refractivity contribution in [2.24, 2.45) is 16.3 Å². The van der Waals surface area contributed by atoms with Gasteiger partial charge in [-0.2, -0.15) is 0 Å². The van der Waals surface area contributed by atoms with Gasteiger partial charge in [-0.25, -0.2) is 0 Å². The van der Waals surface area contributed by atoms with Crippen molar-refractivity contribution in [1.82, 2.24) is 0 Å². The van der Waals surface area contributed by atoms with Crippen molar-refractivity contribution < 1.29 is 9.53 Å². The second-order valence-corrected chi connectivity index (χ2v) is 6.08. The maximum Gasteiger partial charge on any atom is 0.311 e. The molecule has 0 aliphatic heterocycles. The second-order valence-electron chi connectivity index (χ2n) is 6.08. The molecule has 0 unspecified atom stereocenters. The molecule has 1 saturated carbocycles. The van der Waals surface area contributed by atoms with Crippen LogP contribution in [0.4, 0.5) is 0 Å². The van der Waals surface area contributed by atoms with Crippen LogP contribution in [0, 0.1) is 11.3 Å². The lowest BCUT2D eigenvalue weighted by molar-refractivity contribution is -0.141. The van der Waals surface area contributed by atoms with E-state index < -0.39 is 0 Å². The fourth-order valence-corrected chi connectivity index (χ4v) is 2.62. The van der Waals surface area contributed by atoms with E-state index in [2.05, 4.69) is 18.8 Å². The van der Waals surface area contributed by atoms with Crippen LogP contribution in [0.25, 0.3) is 0 Å².